The van der Waals surface area contributed by atoms with Crippen molar-refractivity contribution in [3.05, 3.63) is 60.2 Å². The van der Waals surface area contributed by atoms with E-state index in [9.17, 15) is 5.11 Å². The van der Waals surface area contributed by atoms with Crippen LogP contribution in [0, 0.1) is 0 Å². The standard InChI is InChI=1S/C22H28N2O2/c25-22-17-23(16-21(22)24-12-5-2-6-13-24)15-18-8-7-11-20(14-18)26-19-9-3-1-4-10-19/h1,3-4,7-11,14,21-22,25H,2,5-6,12-13,15-17H2/t21-,22-/m0/s1. The molecule has 0 unspecified atom stereocenters. The highest BCUT2D eigenvalue weighted by atomic mass is 16.5. The van der Waals surface area contributed by atoms with Crippen molar-refractivity contribution in [1.29, 1.82) is 0 Å². The van der Waals surface area contributed by atoms with E-state index < -0.39 is 0 Å². The second-order valence-corrected chi connectivity index (χ2v) is 7.49. The number of piperidine rings is 1. The summed E-state index contributed by atoms with van der Waals surface area (Å²) in [6, 6.07) is 18.4. The molecule has 0 bridgehead atoms. The topological polar surface area (TPSA) is 35.9 Å². The fraction of sp³-hybridized carbons (Fsp3) is 0.455. The molecule has 2 aromatic rings. The van der Waals surface area contributed by atoms with E-state index in [4.69, 9.17) is 4.74 Å². The third-order valence-corrected chi connectivity index (χ3v) is 5.48. The predicted molar refractivity (Wildman–Crippen MR) is 103 cm³/mol. The van der Waals surface area contributed by atoms with Gasteiger partial charge in [0.15, 0.2) is 0 Å². The fourth-order valence-corrected chi connectivity index (χ4v) is 4.18. The molecule has 2 heterocycles. The quantitative estimate of drug-likeness (QED) is 0.893. The SMILES string of the molecule is O[C@H]1CN(Cc2cccc(Oc3ccccc3)c2)C[C@@H]1N1CCCCC1. The maximum Gasteiger partial charge on any atom is 0.127 e. The lowest BCUT2D eigenvalue weighted by molar-refractivity contribution is 0.0706. The lowest BCUT2D eigenvalue weighted by Gasteiger charge is -2.33. The highest BCUT2D eigenvalue weighted by molar-refractivity contribution is 5.33. The largest absolute Gasteiger partial charge is 0.457 e. The van der Waals surface area contributed by atoms with Crippen LogP contribution in [-0.4, -0.2) is 53.2 Å². The van der Waals surface area contributed by atoms with Gasteiger partial charge in [0.25, 0.3) is 0 Å². The summed E-state index contributed by atoms with van der Waals surface area (Å²) < 4.78 is 5.94. The Morgan fingerprint density at radius 2 is 1.65 bits per heavy atom. The van der Waals surface area contributed by atoms with Crippen LogP contribution in [0.2, 0.25) is 0 Å². The molecule has 4 rings (SSSR count). The van der Waals surface area contributed by atoms with Gasteiger partial charge in [0.05, 0.1) is 6.10 Å². The van der Waals surface area contributed by atoms with E-state index in [2.05, 4.69) is 21.9 Å². The zero-order valence-electron chi connectivity index (χ0n) is 15.3. The summed E-state index contributed by atoms with van der Waals surface area (Å²) in [7, 11) is 0. The predicted octanol–water partition coefficient (Wildman–Crippen LogP) is 3.51. The molecular formula is C22H28N2O2. The van der Waals surface area contributed by atoms with Gasteiger partial charge >= 0.3 is 0 Å². The Morgan fingerprint density at radius 1 is 0.885 bits per heavy atom. The maximum atomic E-state index is 10.5. The summed E-state index contributed by atoms with van der Waals surface area (Å²) in [6.45, 7) is 4.83. The van der Waals surface area contributed by atoms with Gasteiger partial charge in [0.1, 0.15) is 11.5 Å². The van der Waals surface area contributed by atoms with E-state index in [1.54, 1.807) is 0 Å². The number of benzene rings is 2. The average molecular weight is 352 g/mol. The summed E-state index contributed by atoms with van der Waals surface area (Å²) in [5, 5.41) is 10.5. The smallest absolute Gasteiger partial charge is 0.127 e. The van der Waals surface area contributed by atoms with Crippen LogP contribution < -0.4 is 4.74 Å². The molecule has 4 nitrogen and oxygen atoms in total. The summed E-state index contributed by atoms with van der Waals surface area (Å²) in [5.74, 6) is 1.72. The first-order valence-electron chi connectivity index (χ1n) is 9.74. The molecule has 2 aliphatic heterocycles. The zero-order chi connectivity index (χ0) is 17.8. The van der Waals surface area contributed by atoms with Gasteiger partial charge in [-0.3, -0.25) is 9.80 Å². The van der Waals surface area contributed by atoms with Crippen LogP contribution in [0.1, 0.15) is 24.8 Å². The molecule has 0 spiro atoms. The van der Waals surface area contributed by atoms with E-state index in [0.29, 0.717) is 6.04 Å². The highest BCUT2D eigenvalue weighted by Crippen LogP contribution is 2.25. The highest BCUT2D eigenvalue weighted by Gasteiger charge is 2.35. The van der Waals surface area contributed by atoms with Gasteiger partial charge in [0.2, 0.25) is 0 Å². The average Bonchev–Trinajstić information content (AvgIpc) is 3.04. The van der Waals surface area contributed by atoms with Gasteiger partial charge in [-0.05, 0) is 55.8 Å². The number of nitrogens with zero attached hydrogens (tertiary/aromatic N) is 2. The van der Waals surface area contributed by atoms with Crippen molar-refractivity contribution < 1.29 is 9.84 Å². The molecule has 0 aromatic heterocycles. The van der Waals surface area contributed by atoms with Crippen molar-refractivity contribution in [2.75, 3.05) is 26.2 Å². The molecule has 4 heteroatoms. The van der Waals surface area contributed by atoms with Crippen molar-refractivity contribution in [2.24, 2.45) is 0 Å². The minimum Gasteiger partial charge on any atom is -0.457 e. The number of aliphatic hydroxyl groups excluding tert-OH is 1. The Labute approximate surface area is 156 Å². The molecule has 138 valence electrons. The number of hydrogen-bond acceptors (Lipinski definition) is 4. The first-order valence-corrected chi connectivity index (χ1v) is 9.74. The van der Waals surface area contributed by atoms with E-state index in [1.165, 1.54) is 24.8 Å². The molecule has 2 aromatic carbocycles. The van der Waals surface area contributed by atoms with Crippen molar-refractivity contribution >= 4 is 0 Å². The van der Waals surface area contributed by atoms with Gasteiger partial charge in [-0.1, -0.05) is 36.8 Å². The van der Waals surface area contributed by atoms with Crippen LogP contribution in [0.15, 0.2) is 54.6 Å². The number of likely N-dealkylation sites (tertiary alicyclic amines) is 2. The Balaban J connectivity index is 1.37. The summed E-state index contributed by atoms with van der Waals surface area (Å²) >= 11 is 0. The van der Waals surface area contributed by atoms with Gasteiger partial charge in [-0.15, -0.1) is 0 Å². The van der Waals surface area contributed by atoms with Crippen molar-refractivity contribution in [3.8, 4) is 11.5 Å². The minimum atomic E-state index is -0.239. The lowest BCUT2D eigenvalue weighted by Crippen LogP contribution is -2.45. The first kappa shape index (κ1) is 17.5. The summed E-state index contributed by atoms with van der Waals surface area (Å²) in [5.41, 5.74) is 1.23. The number of aliphatic hydroxyl groups is 1. The van der Waals surface area contributed by atoms with Crippen LogP contribution >= 0.6 is 0 Å². The summed E-state index contributed by atoms with van der Waals surface area (Å²) in [6.07, 6.45) is 3.62. The molecule has 0 saturated carbocycles. The van der Waals surface area contributed by atoms with Crippen molar-refractivity contribution in [2.45, 2.75) is 38.0 Å². The Kier molecular flexibility index (Phi) is 5.54. The van der Waals surface area contributed by atoms with E-state index in [1.807, 2.05) is 42.5 Å². The van der Waals surface area contributed by atoms with Gasteiger partial charge < -0.3 is 9.84 Å². The lowest BCUT2D eigenvalue weighted by atomic mass is 10.1. The van der Waals surface area contributed by atoms with Crippen LogP contribution in [0.3, 0.4) is 0 Å². The van der Waals surface area contributed by atoms with Gasteiger partial charge in [-0.2, -0.15) is 0 Å². The first-order chi connectivity index (χ1) is 12.8. The van der Waals surface area contributed by atoms with Gasteiger partial charge in [0, 0.05) is 25.7 Å². The van der Waals surface area contributed by atoms with Crippen LogP contribution in [0.5, 0.6) is 11.5 Å². The second-order valence-electron chi connectivity index (χ2n) is 7.49. The third-order valence-electron chi connectivity index (χ3n) is 5.48. The van der Waals surface area contributed by atoms with Crippen LogP contribution in [0.25, 0.3) is 0 Å². The molecule has 2 atom stereocenters. The normalized spacial score (nSPS) is 24.7. The molecule has 0 radical (unpaired) electrons. The molecular weight excluding hydrogens is 324 g/mol. The Morgan fingerprint density at radius 3 is 2.46 bits per heavy atom. The third kappa shape index (κ3) is 4.26. The summed E-state index contributed by atoms with van der Waals surface area (Å²) in [4.78, 5) is 4.86. The monoisotopic (exact) mass is 352 g/mol. The fourth-order valence-electron chi connectivity index (χ4n) is 4.18. The van der Waals surface area contributed by atoms with E-state index in [-0.39, 0.29) is 6.10 Å². The number of β-amino-alcohol motifs (C(OH)–C–C–N with tert-alkyl or cyclic N) is 1. The zero-order valence-corrected chi connectivity index (χ0v) is 15.3. The van der Waals surface area contributed by atoms with E-state index >= 15 is 0 Å². The van der Waals surface area contributed by atoms with Crippen molar-refractivity contribution in [1.82, 2.24) is 9.80 Å². The molecule has 0 amide bonds. The number of hydrogen-bond donors (Lipinski definition) is 1. The number of rotatable bonds is 5. The van der Waals surface area contributed by atoms with Gasteiger partial charge in [-0.25, -0.2) is 0 Å². The number of para-hydroxylation sites is 1. The maximum absolute atomic E-state index is 10.5. The molecule has 1 N–H and O–H groups in total. The van der Waals surface area contributed by atoms with Crippen LogP contribution in [0.4, 0.5) is 0 Å². The molecule has 2 aliphatic rings. The minimum absolute atomic E-state index is 0.239. The van der Waals surface area contributed by atoms with E-state index in [0.717, 1.165) is 44.2 Å². The molecule has 26 heavy (non-hydrogen) atoms. The molecule has 0 aliphatic carbocycles. The number of ether oxygens (including phenoxy) is 1. The second kappa shape index (κ2) is 8.21. The Bertz CT molecular complexity index is 700. The van der Waals surface area contributed by atoms with Crippen molar-refractivity contribution in [3.63, 3.8) is 0 Å². The Hall–Kier alpha value is -1.88. The molecule has 2 fully saturated rings. The van der Waals surface area contributed by atoms with Crippen LogP contribution in [-0.2, 0) is 6.54 Å². The molecule has 2 saturated heterocycles.